The smallest absolute Gasteiger partial charge is 0.240 e. The first-order valence-electron chi connectivity index (χ1n) is 7.41. The highest BCUT2D eigenvalue weighted by molar-refractivity contribution is 7.99. The van der Waals surface area contributed by atoms with E-state index in [9.17, 15) is 4.79 Å². The van der Waals surface area contributed by atoms with E-state index in [1.807, 2.05) is 11.8 Å². The third-order valence-electron chi connectivity index (χ3n) is 4.55. The summed E-state index contributed by atoms with van der Waals surface area (Å²) in [6, 6.07) is 11.0. The Morgan fingerprint density at radius 3 is 2.90 bits per heavy atom. The molecule has 3 rings (SSSR count). The number of amides is 1. The number of carbonyl (C=O) groups is 1. The Morgan fingerprint density at radius 1 is 1.40 bits per heavy atom. The summed E-state index contributed by atoms with van der Waals surface area (Å²) in [4.78, 5) is 14.6. The lowest BCUT2D eigenvalue weighted by Crippen LogP contribution is -2.47. The molecule has 2 saturated heterocycles. The number of hydrogen-bond donors (Lipinski definition) is 1. The van der Waals surface area contributed by atoms with Gasteiger partial charge in [-0.05, 0) is 31.2 Å². The van der Waals surface area contributed by atoms with E-state index >= 15 is 0 Å². The van der Waals surface area contributed by atoms with Crippen LogP contribution in [0, 0.1) is 5.92 Å². The van der Waals surface area contributed by atoms with Gasteiger partial charge in [0.15, 0.2) is 0 Å². The van der Waals surface area contributed by atoms with Crippen LogP contribution in [-0.4, -0.2) is 41.1 Å². The van der Waals surface area contributed by atoms with E-state index in [0.29, 0.717) is 17.9 Å². The Kier molecular flexibility index (Phi) is 4.32. The third-order valence-corrected chi connectivity index (χ3v) is 5.49. The van der Waals surface area contributed by atoms with Crippen LogP contribution < -0.4 is 5.32 Å². The summed E-state index contributed by atoms with van der Waals surface area (Å²) < 4.78 is 0. The topological polar surface area (TPSA) is 32.3 Å². The molecule has 20 heavy (non-hydrogen) atoms. The molecule has 108 valence electrons. The largest absolute Gasteiger partial charge is 0.338 e. The fourth-order valence-electron chi connectivity index (χ4n) is 3.26. The molecule has 0 saturated carbocycles. The zero-order valence-corrected chi connectivity index (χ0v) is 12.7. The summed E-state index contributed by atoms with van der Waals surface area (Å²) in [6.07, 6.45) is 2.21. The van der Waals surface area contributed by atoms with E-state index in [-0.39, 0.29) is 6.04 Å². The van der Waals surface area contributed by atoms with E-state index in [4.69, 9.17) is 0 Å². The molecule has 0 bridgehead atoms. The fraction of sp³-hybridized carbons (Fsp3) is 0.562. The van der Waals surface area contributed by atoms with Crippen molar-refractivity contribution in [2.75, 3.05) is 18.2 Å². The average Bonchev–Trinajstić information content (AvgIpc) is 3.11. The summed E-state index contributed by atoms with van der Waals surface area (Å²) in [5.74, 6) is 2.73. The molecule has 4 heteroatoms. The maximum Gasteiger partial charge on any atom is 0.240 e. The van der Waals surface area contributed by atoms with Crippen molar-refractivity contribution in [3.63, 3.8) is 0 Å². The second-order valence-corrected chi connectivity index (χ2v) is 6.81. The third kappa shape index (κ3) is 2.86. The Bertz CT molecular complexity index is 459. The van der Waals surface area contributed by atoms with Gasteiger partial charge in [-0.1, -0.05) is 30.3 Å². The van der Waals surface area contributed by atoms with Crippen molar-refractivity contribution >= 4 is 17.7 Å². The van der Waals surface area contributed by atoms with Crippen molar-refractivity contribution in [2.45, 2.75) is 31.8 Å². The first-order chi connectivity index (χ1) is 9.75. The number of benzene rings is 1. The van der Waals surface area contributed by atoms with Gasteiger partial charge in [0, 0.05) is 24.2 Å². The monoisotopic (exact) mass is 290 g/mol. The highest BCUT2D eigenvalue weighted by atomic mass is 32.2. The van der Waals surface area contributed by atoms with Crippen molar-refractivity contribution in [1.29, 1.82) is 0 Å². The van der Waals surface area contributed by atoms with Crippen LogP contribution in [0.2, 0.25) is 0 Å². The molecule has 0 unspecified atom stereocenters. The van der Waals surface area contributed by atoms with E-state index in [1.54, 1.807) is 0 Å². The number of hydrogen-bond acceptors (Lipinski definition) is 3. The molecule has 0 spiro atoms. The Balaban J connectivity index is 1.61. The Morgan fingerprint density at radius 2 is 2.20 bits per heavy atom. The Hall–Kier alpha value is -1.000. The highest BCUT2D eigenvalue weighted by Gasteiger charge is 2.37. The number of nitrogens with one attached hydrogen (secondary N) is 1. The predicted molar refractivity (Wildman–Crippen MR) is 83.7 cm³/mol. The number of carbonyl (C=O) groups excluding carboxylic acids is 1. The predicted octanol–water partition coefficient (Wildman–Crippen LogP) is 2.13. The molecular formula is C16H22N2OS. The molecule has 1 N–H and O–H groups in total. The van der Waals surface area contributed by atoms with Crippen LogP contribution in [-0.2, 0) is 11.2 Å². The fourth-order valence-corrected chi connectivity index (χ4v) is 4.19. The lowest BCUT2D eigenvalue weighted by atomic mass is 9.93. The van der Waals surface area contributed by atoms with Gasteiger partial charge in [-0.3, -0.25) is 10.1 Å². The molecule has 2 fully saturated rings. The minimum Gasteiger partial charge on any atom is -0.338 e. The van der Waals surface area contributed by atoms with E-state index in [1.165, 1.54) is 5.56 Å². The quantitative estimate of drug-likeness (QED) is 0.925. The molecule has 3 nitrogen and oxygen atoms in total. The average molecular weight is 290 g/mol. The Labute approximate surface area is 125 Å². The minimum absolute atomic E-state index is 0.0397. The number of likely N-dealkylation sites (tertiary alicyclic amines) is 1. The van der Waals surface area contributed by atoms with Gasteiger partial charge < -0.3 is 4.90 Å². The summed E-state index contributed by atoms with van der Waals surface area (Å²) in [5.41, 5.74) is 1.38. The van der Waals surface area contributed by atoms with Gasteiger partial charge in [0.25, 0.3) is 0 Å². The van der Waals surface area contributed by atoms with Crippen LogP contribution in [0.4, 0.5) is 0 Å². The SMILES string of the molecule is C[C@@H]1[C@@H](Cc2ccccc2)CCN1C(=O)[C@@H]1CSCN1. The highest BCUT2D eigenvalue weighted by Crippen LogP contribution is 2.28. The van der Waals surface area contributed by atoms with Gasteiger partial charge in [-0.25, -0.2) is 0 Å². The van der Waals surface area contributed by atoms with Gasteiger partial charge in [-0.15, -0.1) is 11.8 Å². The summed E-state index contributed by atoms with van der Waals surface area (Å²) in [7, 11) is 0. The summed E-state index contributed by atoms with van der Waals surface area (Å²) in [5, 5.41) is 3.29. The minimum atomic E-state index is 0.0397. The molecular weight excluding hydrogens is 268 g/mol. The van der Waals surface area contributed by atoms with Gasteiger partial charge in [-0.2, -0.15) is 0 Å². The standard InChI is InChI=1S/C16H22N2OS/c1-12-14(9-13-5-3-2-4-6-13)7-8-18(12)16(19)15-10-20-11-17-15/h2-6,12,14-15,17H,7-11H2,1H3/t12-,14-,15+/m1/s1. The maximum atomic E-state index is 12.5. The van der Waals surface area contributed by atoms with Crippen molar-refractivity contribution < 1.29 is 4.79 Å². The first kappa shape index (κ1) is 14.0. The lowest BCUT2D eigenvalue weighted by molar-refractivity contribution is -0.133. The van der Waals surface area contributed by atoms with Gasteiger partial charge in [0.05, 0.1) is 6.04 Å². The number of thioether (sulfide) groups is 1. The molecule has 0 aromatic heterocycles. The molecule has 2 aliphatic rings. The van der Waals surface area contributed by atoms with Crippen LogP contribution >= 0.6 is 11.8 Å². The van der Waals surface area contributed by atoms with Crippen LogP contribution in [0.15, 0.2) is 30.3 Å². The second-order valence-electron chi connectivity index (χ2n) is 5.78. The van der Waals surface area contributed by atoms with Gasteiger partial charge in [0.1, 0.15) is 0 Å². The van der Waals surface area contributed by atoms with E-state index in [2.05, 4.69) is 47.5 Å². The lowest BCUT2D eigenvalue weighted by Gasteiger charge is -2.27. The number of nitrogens with zero attached hydrogens (tertiary/aromatic N) is 1. The molecule has 0 aliphatic carbocycles. The van der Waals surface area contributed by atoms with Gasteiger partial charge >= 0.3 is 0 Å². The molecule has 3 atom stereocenters. The van der Waals surface area contributed by atoms with Crippen LogP contribution in [0.1, 0.15) is 18.9 Å². The molecule has 2 heterocycles. The molecule has 1 aromatic carbocycles. The molecule has 0 radical (unpaired) electrons. The van der Waals surface area contributed by atoms with Crippen LogP contribution in [0.25, 0.3) is 0 Å². The van der Waals surface area contributed by atoms with E-state index < -0.39 is 0 Å². The zero-order valence-electron chi connectivity index (χ0n) is 11.9. The summed E-state index contributed by atoms with van der Waals surface area (Å²) in [6.45, 7) is 3.13. The first-order valence-corrected chi connectivity index (χ1v) is 8.56. The van der Waals surface area contributed by atoms with Crippen LogP contribution in [0.3, 0.4) is 0 Å². The maximum absolute atomic E-state index is 12.5. The van der Waals surface area contributed by atoms with Crippen molar-refractivity contribution in [3.8, 4) is 0 Å². The zero-order chi connectivity index (χ0) is 13.9. The normalized spacial score (nSPS) is 29.9. The number of rotatable bonds is 3. The van der Waals surface area contributed by atoms with Crippen molar-refractivity contribution in [1.82, 2.24) is 10.2 Å². The summed E-state index contributed by atoms with van der Waals surface area (Å²) >= 11 is 1.82. The van der Waals surface area contributed by atoms with Crippen LogP contribution in [0.5, 0.6) is 0 Å². The van der Waals surface area contributed by atoms with Crippen molar-refractivity contribution in [2.24, 2.45) is 5.92 Å². The van der Waals surface area contributed by atoms with E-state index in [0.717, 1.165) is 31.0 Å². The van der Waals surface area contributed by atoms with Crippen molar-refractivity contribution in [3.05, 3.63) is 35.9 Å². The molecule has 2 aliphatic heterocycles. The molecule has 1 aromatic rings. The molecule has 1 amide bonds. The van der Waals surface area contributed by atoms with Gasteiger partial charge in [0.2, 0.25) is 5.91 Å². The second kappa shape index (κ2) is 6.19.